The fourth-order valence-electron chi connectivity index (χ4n) is 1.98. The number of nitrogens with zero attached hydrogens (tertiary/aromatic N) is 2. The van der Waals surface area contributed by atoms with Gasteiger partial charge in [0.15, 0.2) is 0 Å². The number of rotatable bonds is 3. The highest BCUT2D eigenvalue weighted by molar-refractivity contribution is 6.29. The average molecular weight is 254 g/mol. The zero-order valence-corrected chi connectivity index (χ0v) is 9.85. The summed E-state index contributed by atoms with van der Waals surface area (Å²) >= 11 is 5.70. The maximum atomic E-state index is 10.5. The van der Waals surface area contributed by atoms with E-state index in [1.807, 2.05) is 6.07 Å². The minimum atomic E-state index is -0.416. The van der Waals surface area contributed by atoms with Gasteiger partial charge in [-0.3, -0.25) is 10.1 Å². The molecule has 1 aliphatic rings. The molecule has 1 fully saturated rings. The number of halogens is 1. The van der Waals surface area contributed by atoms with Gasteiger partial charge in [0, 0.05) is 18.7 Å². The monoisotopic (exact) mass is 253 g/mol. The van der Waals surface area contributed by atoms with Crippen LogP contribution in [0.25, 0.3) is 0 Å². The predicted molar refractivity (Wildman–Crippen MR) is 64.1 cm³/mol. The first-order chi connectivity index (χ1) is 8.15. The Hall–Kier alpha value is -1.62. The zero-order valence-electron chi connectivity index (χ0n) is 9.10. The van der Waals surface area contributed by atoms with E-state index in [1.54, 1.807) is 12.3 Å². The highest BCUT2D eigenvalue weighted by Crippen LogP contribution is 2.23. The van der Waals surface area contributed by atoms with E-state index in [4.69, 9.17) is 11.6 Å². The van der Waals surface area contributed by atoms with Gasteiger partial charge in [0.05, 0.1) is 10.6 Å². The molecule has 6 heteroatoms. The molecule has 0 amide bonds. The minimum absolute atomic E-state index is 0.170. The molecule has 0 spiro atoms. The topological polar surface area (TPSA) is 68.1 Å². The number of hydrogen-bond acceptors (Lipinski definition) is 4. The van der Waals surface area contributed by atoms with Crippen molar-refractivity contribution >= 4 is 11.6 Å². The van der Waals surface area contributed by atoms with E-state index >= 15 is 0 Å². The van der Waals surface area contributed by atoms with Crippen LogP contribution < -0.4 is 5.32 Å². The maximum absolute atomic E-state index is 10.5. The molecule has 90 valence electrons. The summed E-state index contributed by atoms with van der Waals surface area (Å²) in [6.07, 6.45) is 4.42. The van der Waals surface area contributed by atoms with E-state index in [1.165, 1.54) is 0 Å². The van der Waals surface area contributed by atoms with Gasteiger partial charge in [-0.05, 0) is 24.5 Å². The van der Waals surface area contributed by atoms with Gasteiger partial charge in [-0.25, -0.2) is 4.98 Å². The van der Waals surface area contributed by atoms with Crippen molar-refractivity contribution in [2.24, 2.45) is 5.92 Å². The third-order valence-corrected chi connectivity index (χ3v) is 3.00. The van der Waals surface area contributed by atoms with Gasteiger partial charge in [-0.15, -0.1) is 0 Å². The third kappa shape index (κ3) is 3.17. The van der Waals surface area contributed by atoms with Crippen molar-refractivity contribution in [2.75, 3.05) is 6.54 Å². The SMILES string of the molecule is O=[N+]([O-])/C=C1\NCCC1Cc1ccc(Cl)nc1. The first-order valence-electron chi connectivity index (χ1n) is 5.34. The Bertz CT molecular complexity index is 445. The number of pyridine rings is 1. The largest absolute Gasteiger partial charge is 0.383 e. The van der Waals surface area contributed by atoms with Gasteiger partial charge in [0.25, 0.3) is 6.20 Å². The van der Waals surface area contributed by atoms with Gasteiger partial charge >= 0.3 is 0 Å². The number of nitro groups is 1. The standard InChI is InChI=1S/C11H12ClN3O2/c12-11-2-1-8(6-14-11)5-9-3-4-13-10(9)7-15(16)17/h1-2,6-7,9,13H,3-5H2/b10-7-. The van der Waals surface area contributed by atoms with Crippen LogP contribution in [0.15, 0.2) is 30.2 Å². The average Bonchev–Trinajstić information content (AvgIpc) is 2.68. The lowest BCUT2D eigenvalue weighted by Crippen LogP contribution is -2.11. The molecule has 2 rings (SSSR count). The first-order valence-corrected chi connectivity index (χ1v) is 5.72. The van der Waals surface area contributed by atoms with Crippen LogP contribution in [0.1, 0.15) is 12.0 Å². The lowest BCUT2D eigenvalue weighted by Gasteiger charge is -2.09. The van der Waals surface area contributed by atoms with Crippen LogP contribution in [-0.2, 0) is 6.42 Å². The molecule has 1 aromatic rings. The summed E-state index contributed by atoms with van der Waals surface area (Å²) in [4.78, 5) is 14.0. The van der Waals surface area contributed by atoms with E-state index < -0.39 is 4.92 Å². The van der Waals surface area contributed by atoms with E-state index in [0.29, 0.717) is 10.9 Å². The second-order valence-corrected chi connectivity index (χ2v) is 4.36. The molecule has 0 aromatic carbocycles. The molecule has 0 radical (unpaired) electrons. The molecule has 5 nitrogen and oxygen atoms in total. The molecule has 1 aromatic heterocycles. The Morgan fingerprint density at radius 3 is 3.12 bits per heavy atom. The summed E-state index contributed by atoms with van der Waals surface area (Å²) in [5.74, 6) is 0.170. The molecule has 2 heterocycles. The summed E-state index contributed by atoms with van der Waals surface area (Å²) in [5, 5.41) is 14.0. The van der Waals surface area contributed by atoms with Crippen LogP contribution in [0.5, 0.6) is 0 Å². The number of aromatic nitrogens is 1. The normalized spacial score (nSPS) is 21.5. The lowest BCUT2D eigenvalue weighted by molar-refractivity contribution is -0.404. The number of nitrogens with one attached hydrogen (secondary N) is 1. The number of allylic oxidation sites excluding steroid dienone is 1. The molecular weight excluding hydrogens is 242 g/mol. The summed E-state index contributed by atoms with van der Waals surface area (Å²) < 4.78 is 0. The highest BCUT2D eigenvalue weighted by atomic mass is 35.5. The van der Waals surface area contributed by atoms with Crippen LogP contribution in [0.4, 0.5) is 0 Å². The van der Waals surface area contributed by atoms with Crippen LogP contribution in [0.2, 0.25) is 5.15 Å². The molecular formula is C11H12ClN3O2. The zero-order chi connectivity index (χ0) is 12.3. The van der Waals surface area contributed by atoms with Crippen LogP contribution >= 0.6 is 11.6 Å². The summed E-state index contributed by atoms with van der Waals surface area (Å²) in [5.41, 5.74) is 1.74. The Labute approximate surface area is 104 Å². The van der Waals surface area contributed by atoms with Gasteiger partial charge in [-0.1, -0.05) is 17.7 Å². The fraction of sp³-hybridized carbons (Fsp3) is 0.364. The van der Waals surface area contributed by atoms with Crippen LogP contribution in [0, 0.1) is 16.0 Å². The molecule has 0 saturated carbocycles. The fourth-order valence-corrected chi connectivity index (χ4v) is 2.09. The Morgan fingerprint density at radius 1 is 1.65 bits per heavy atom. The molecule has 1 saturated heterocycles. The van der Waals surface area contributed by atoms with Crippen LogP contribution in [-0.4, -0.2) is 16.5 Å². The summed E-state index contributed by atoms with van der Waals surface area (Å²) in [6, 6.07) is 3.63. The van der Waals surface area contributed by atoms with Crippen molar-refractivity contribution in [1.29, 1.82) is 0 Å². The van der Waals surface area contributed by atoms with Crippen molar-refractivity contribution < 1.29 is 4.92 Å². The molecule has 1 unspecified atom stereocenters. The summed E-state index contributed by atoms with van der Waals surface area (Å²) in [6.45, 7) is 0.783. The quantitative estimate of drug-likeness (QED) is 0.508. The lowest BCUT2D eigenvalue weighted by atomic mass is 9.97. The summed E-state index contributed by atoms with van der Waals surface area (Å²) in [7, 11) is 0. The van der Waals surface area contributed by atoms with Crippen molar-refractivity contribution in [1.82, 2.24) is 10.3 Å². The number of hydrogen-bond donors (Lipinski definition) is 1. The van der Waals surface area contributed by atoms with E-state index in [0.717, 1.165) is 31.1 Å². The van der Waals surface area contributed by atoms with E-state index in [2.05, 4.69) is 10.3 Å². The minimum Gasteiger partial charge on any atom is -0.383 e. The predicted octanol–water partition coefficient (Wildman–Crippen LogP) is 2.01. The van der Waals surface area contributed by atoms with E-state index in [-0.39, 0.29) is 5.92 Å². The second-order valence-electron chi connectivity index (χ2n) is 3.98. The molecule has 0 aliphatic carbocycles. The highest BCUT2D eigenvalue weighted by Gasteiger charge is 2.23. The van der Waals surface area contributed by atoms with Crippen molar-refractivity contribution in [3.63, 3.8) is 0 Å². The molecule has 0 bridgehead atoms. The first kappa shape index (κ1) is 11.9. The van der Waals surface area contributed by atoms with Gasteiger partial charge in [0.2, 0.25) is 0 Å². The van der Waals surface area contributed by atoms with Crippen molar-refractivity contribution in [2.45, 2.75) is 12.8 Å². The van der Waals surface area contributed by atoms with E-state index in [9.17, 15) is 10.1 Å². The second kappa shape index (κ2) is 5.14. The van der Waals surface area contributed by atoms with Crippen LogP contribution in [0.3, 0.4) is 0 Å². The molecule has 17 heavy (non-hydrogen) atoms. The molecule has 1 aliphatic heterocycles. The Morgan fingerprint density at radius 2 is 2.47 bits per heavy atom. The maximum Gasteiger partial charge on any atom is 0.253 e. The van der Waals surface area contributed by atoms with Crippen molar-refractivity contribution in [3.8, 4) is 0 Å². The van der Waals surface area contributed by atoms with Gasteiger partial charge in [-0.2, -0.15) is 0 Å². The molecule has 1 atom stereocenters. The van der Waals surface area contributed by atoms with Crippen molar-refractivity contribution in [3.05, 3.63) is 51.1 Å². The Balaban J connectivity index is 2.07. The Kier molecular flexibility index (Phi) is 3.58. The molecule has 1 N–H and O–H groups in total. The smallest absolute Gasteiger partial charge is 0.253 e. The van der Waals surface area contributed by atoms with Gasteiger partial charge < -0.3 is 5.32 Å². The van der Waals surface area contributed by atoms with Gasteiger partial charge in [0.1, 0.15) is 5.15 Å². The third-order valence-electron chi connectivity index (χ3n) is 2.78.